The van der Waals surface area contributed by atoms with Crippen LogP contribution in [0.3, 0.4) is 0 Å². The Morgan fingerprint density at radius 1 is 1.46 bits per heavy atom. The molecule has 3 aromatic rings. The summed E-state index contributed by atoms with van der Waals surface area (Å²) in [6.07, 6.45) is 5.25. The van der Waals surface area contributed by atoms with Gasteiger partial charge in [-0.2, -0.15) is 19.6 Å². The number of aromatic nitrogens is 6. The van der Waals surface area contributed by atoms with Crippen molar-refractivity contribution in [3.8, 4) is 5.88 Å². The van der Waals surface area contributed by atoms with Crippen molar-refractivity contribution in [3.05, 3.63) is 33.2 Å². The second-order valence-corrected chi connectivity index (χ2v) is 5.95. The summed E-state index contributed by atoms with van der Waals surface area (Å²) in [4.78, 5) is 29.6. The van der Waals surface area contributed by atoms with E-state index in [1.165, 1.54) is 0 Å². The standard InChI is InChI=1S/C15H18N8O3/c1-26-5-4-16-13-20-11-8(6-10-12(24)21-15(25)19-10)7-17-23(11)14(22-13)18-9-2-3-9/h6-7,9,24H,2-5H2,1H3,(H,16,18,22)(H2,19,21,25). The van der Waals surface area contributed by atoms with Crippen molar-refractivity contribution in [1.29, 1.82) is 0 Å². The third kappa shape index (κ3) is 3.28. The number of H-pyrrole nitrogens is 2. The number of rotatable bonds is 6. The molecule has 0 atom stereocenters. The van der Waals surface area contributed by atoms with E-state index >= 15 is 0 Å². The van der Waals surface area contributed by atoms with Gasteiger partial charge in [0.1, 0.15) is 5.69 Å². The van der Waals surface area contributed by atoms with E-state index in [4.69, 9.17) is 4.74 Å². The average Bonchev–Trinajstić information content (AvgIpc) is 3.24. The third-order valence-electron chi connectivity index (χ3n) is 3.85. The number of aromatic amines is 2. The monoisotopic (exact) mass is 358 g/mol. The molecule has 0 amide bonds. The molecular formula is C15H18N8O3. The topological polar surface area (TPSA) is 146 Å². The molecule has 0 aliphatic heterocycles. The first kappa shape index (κ1) is 16.3. The highest BCUT2D eigenvalue weighted by Crippen LogP contribution is 2.22. The number of fused-ring (bicyclic) bond motifs is 1. The second kappa shape index (κ2) is 6.59. The van der Waals surface area contributed by atoms with E-state index in [-0.39, 0.29) is 17.6 Å². The van der Waals surface area contributed by atoms with E-state index in [2.05, 4.69) is 35.3 Å². The first-order chi connectivity index (χ1) is 12.6. The molecule has 26 heavy (non-hydrogen) atoms. The quantitative estimate of drug-likeness (QED) is 0.393. The first-order valence-electron chi connectivity index (χ1n) is 8.19. The van der Waals surface area contributed by atoms with Crippen LogP contribution in [-0.4, -0.2) is 61.0 Å². The van der Waals surface area contributed by atoms with E-state index in [1.807, 2.05) is 0 Å². The van der Waals surface area contributed by atoms with Crippen LogP contribution in [0.15, 0.2) is 16.0 Å². The van der Waals surface area contributed by atoms with Gasteiger partial charge in [-0.15, -0.1) is 0 Å². The summed E-state index contributed by atoms with van der Waals surface area (Å²) in [5, 5.41) is 17.8. The van der Waals surface area contributed by atoms with Crippen LogP contribution < -0.4 is 21.8 Å². The van der Waals surface area contributed by atoms with E-state index in [0.717, 1.165) is 12.8 Å². The van der Waals surface area contributed by atoms with E-state index < -0.39 is 5.69 Å². The second-order valence-electron chi connectivity index (χ2n) is 5.95. The molecule has 3 heterocycles. The summed E-state index contributed by atoms with van der Waals surface area (Å²) in [5.41, 5.74) is 0.730. The number of anilines is 1. The molecule has 0 spiro atoms. The van der Waals surface area contributed by atoms with Gasteiger partial charge in [-0.3, -0.25) is 4.98 Å². The number of methoxy groups -OCH3 is 1. The number of aromatic hydroxyl groups is 1. The summed E-state index contributed by atoms with van der Waals surface area (Å²) >= 11 is 0. The Hall–Kier alpha value is -3.21. The van der Waals surface area contributed by atoms with Crippen LogP contribution in [-0.2, 0) is 4.74 Å². The average molecular weight is 358 g/mol. The van der Waals surface area contributed by atoms with Gasteiger partial charge in [-0.1, -0.05) is 0 Å². The van der Waals surface area contributed by atoms with Gasteiger partial charge in [0.25, 0.3) is 5.62 Å². The Labute approximate surface area is 146 Å². The smallest absolute Gasteiger partial charge is 0.326 e. The van der Waals surface area contributed by atoms with E-state index in [9.17, 15) is 9.90 Å². The fourth-order valence-electron chi connectivity index (χ4n) is 2.42. The molecule has 1 aliphatic rings. The lowest BCUT2D eigenvalue weighted by Gasteiger charge is -2.04. The van der Waals surface area contributed by atoms with Crippen LogP contribution in [0.4, 0.5) is 5.95 Å². The zero-order chi connectivity index (χ0) is 18.1. The lowest BCUT2D eigenvalue weighted by molar-refractivity contribution is 0.210. The van der Waals surface area contributed by atoms with Gasteiger partial charge < -0.3 is 20.1 Å². The van der Waals surface area contributed by atoms with Crippen LogP contribution in [0.2, 0.25) is 0 Å². The van der Waals surface area contributed by atoms with Crippen LogP contribution in [0.1, 0.15) is 18.5 Å². The Balaban J connectivity index is 1.85. The molecule has 3 aromatic heterocycles. The molecule has 0 unspecified atom stereocenters. The number of nitrogens with zero attached hydrogens (tertiary/aromatic N) is 5. The maximum atomic E-state index is 11.3. The van der Waals surface area contributed by atoms with Crippen molar-refractivity contribution in [3.63, 3.8) is 0 Å². The van der Waals surface area contributed by atoms with Crippen molar-refractivity contribution in [2.24, 2.45) is 4.99 Å². The Bertz CT molecular complexity index is 1110. The number of hydrogen-bond donors (Lipinski definition) is 4. The van der Waals surface area contributed by atoms with Gasteiger partial charge >= 0.3 is 5.69 Å². The summed E-state index contributed by atoms with van der Waals surface area (Å²) < 4.78 is 6.58. The van der Waals surface area contributed by atoms with Crippen molar-refractivity contribution in [2.75, 3.05) is 25.6 Å². The summed E-state index contributed by atoms with van der Waals surface area (Å²) in [6.45, 7) is 1.06. The number of ether oxygens (including phenoxy) is 1. The van der Waals surface area contributed by atoms with Crippen molar-refractivity contribution in [1.82, 2.24) is 29.5 Å². The van der Waals surface area contributed by atoms with Gasteiger partial charge in [0.2, 0.25) is 11.8 Å². The number of hydrogen-bond acceptors (Lipinski definition) is 8. The highest BCUT2D eigenvalue weighted by Gasteiger charge is 2.20. The molecular weight excluding hydrogens is 340 g/mol. The molecule has 136 valence electrons. The van der Waals surface area contributed by atoms with Crippen LogP contribution in [0.5, 0.6) is 5.88 Å². The highest BCUT2D eigenvalue weighted by atomic mass is 16.5. The van der Waals surface area contributed by atoms with Crippen LogP contribution in [0.25, 0.3) is 11.7 Å². The largest absolute Gasteiger partial charge is 0.493 e. The van der Waals surface area contributed by atoms with Crippen molar-refractivity contribution < 1.29 is 9.84 Å². The fraction of sp³-hybridized carbons (Fsp3) is 0.400. The molecule has 1 aliphatic carbocycles. The predicted molar refractivity (Wildman–Crippen MR) is 91.6 cm³/mol. The summed E-state index contributed by atoms with van der Waals surface area (Å²) in [6, 6.07) is 0.265. The first-order valence-corrected chi connectivity index (χ1v) is 8.19. The molecule has 0 aromatic carbocycles. The SMILES string of the molecule is COCCNc1nc(=NC2CC2)n2ncc(=Cc3[nH]c(=O)[nH]c3O)c2n1. The molecule has 1 saturated carbocycles. The van der Waals surface area contributed by atoms with Gasteiger partial charge in [0.15, 0.2) is 5.65 Å². The van der Waals surface area contributed by atoms with Crippen LogP contribution >= 0.6 is 0 Å². The van der Waals surface area contributed by atoms with Gasteiger partial charge in [0.05, 0.1) is 18.8 Å². The summed E-state index contributed by atoms with van der Waals surface area (Å²) in [7, 11) is 1.62. The molecule has 4 N–H and O–H groups in total. The maximum absolute atomic E-state index is 11.3. The van der Waals surface area contributed by atoms with Crippen molar-refractivity contribution in [2.45, 2.75) is 18.9 Å². The zero-order valence-corrected chi connectivity index (χ0v) is 14.1. The van der Waals surface area contributed by atoms with E-state index in [0.29, 0.717) is 35.6 Å². The molecule has 1 fully saturated rings. The minimum Gasteiger partial charge on any atom is -0.493 e. The van der Waals surface area contributed by atoms with Crippen LogP contribution in [0, 0.1) is 0 Å². The predicted octanol–water partition coefficient (Wildman–Crippen LogP) is -1.48. The lowest BCUT2D eigenvalue weighted by atomic mass is 10.3. The van der Waals surface area contributed by atoms with E-state index in [1.54, 1.807) is 23.9 Å². The van der Waals surface area contributed by atoms with Gasteiger partial charge in [-0.05, 0) is 18.9 Å². The zero-order valence-electron chi connectivity index (χ0n) is 14.1. The highest BCUT2D eigenvalue weighted by molar-refractivity contribution is 5.57. The number of imidazole rings is 1. The summed E-state index contributed by atoms with van der Waals surface area (Å²) in [5.74, 6) is 0.167. The molecule has 0 bridgehead atoms. The minimum absolute atomic E-state index is 0.246. The third-order valence-corrected chi connectivity index (χ3v) is 3.85. The lowest BCUT2D eigenvalue weighted by Crippen LogP contribution is -2.25. The van der Waals surface area contributed by atoms with Gasteiger partial charge in [-0.25, -0.2) is 9.79 Å². The maximum Gasteiger partial charge on any atom is 0.326 e. The molecule has 11 nitrogen and oxygen atoms in total. The Kier molecular flexibility index (Phi) is 4.13. The molecule has 0 saturated heterocycles. The normalized spacial score (nSPS) is 15.9. The van der Waals surface area contributed by atoms with Crippen molar-refractivity contribution >= 4 is 17.7 Å². The van der Waals surface area contributed by atoms with Gasteiger partial charge in [0, 0.05) is 18.9 Å². The molecule has 0 radical (unpaired) electrons. The molecule has 4 rings (SSSR count). The Morgan fingerprint density at radius 3 is 3.00 bits per heavy atom. The minimum atomic E-state index is -0.494. The fourth-order valence-corrected chi connectivity index (χ4v) is 2.42. The molecule has 11 heteroatoms. The Morgan fingerprint density at radius 2 is 2.31 bits per heavy atom. The number of nitrogens with one attached hydrogen (secondary N) is 3.